The Balaban J connectivity index is 1.57. The molecular formula is C13H18N4. The third-order valence-electron chi connectivity index (χ3n) is 3.52. The fourth-order valence-electron chi connectivity index (χ4n) is 2.30. The third-order valence-corrected chi connectivity index (χ3v) is 3.52. The van der Waals surface area contributed by atoms with Crippen LogP contribution in [0.5, 0.6) is 0 Å². The van der Waals surface area contributed by atoms with E-state index >= 15 is 0 Å². The fourth-order valence-corrected chi connectivity index (χ4v) is 2.30. The second-order valence-electron chi connectivity index (χ2n) is 4.91. The lowest BCUT2D eigenvalue weighted by molar-refractivity contribution is 0.616. The molecule has 0 spiro atoms. The summed E-state index contributed by atoms with van der Waals surface area (Å²) in [5, 5.41) is 7.03. The van der Waals surface area contributed by atoms with Gasteiger partial charge in [-0.2, -0.15) is 5.10 Å². The van der Waals surface area contributed by atoms with Gasteiger partial charge in [0.2, 0.25) is 0 Å². The summed E-state index contributed by atoms with van der Waals surface area (Å²) < 4.78 is 2.31. The first-order valence-corrected chi connectivity index (χ1v) is 6.33. The molecule has 1 aliphatic carbocycles. The van der Waals surface area contributed by atoms with E-state index in [4.69, 9.17) is 0 Å². The van der Waals surface area contributed by atoms with Crippen molar-refractivity contribution in [3.05, 3.63) is 35.7 Å². The maximum absolute atomic E-state index is 4.26. The van der Waals surface area contributed by atoms with Gasteiger partial charge in [-0.05, 0) is 38.2 Å². The molecule has 4 nitrogen and oxygen atoms in total. The lowest BCUT2D eigenvalue weighted by Crippen LogP contribution is -2.02. The summed E-state index contributed by atoms with van der Waals surface area (Å²) in [7, 11) is 0. The van der Waals surface area contributed by atoms with Gasteiger partial charge in [0.15, 0.2) is 0 Å². The van der Waals surface area contributed by atoms with Crippen LogP contribution in [0.15, 0.2) is 18.7 Å². The zero-order valence-electron chi connectivity index (χ0n) is 10.2. The van der Waals surface area contributed by atoms with Crippen molar-refractivity contribution >= 4 is 0 Å². The highest BCUT2D eigenvalue weighted by Gasteiger charge is 2.26. The second kappa shape index (κ2) is 4.35. The van der Waals surface area contributed by atoms with E-state index < -0.39 is 0 Å². The first-order valence-electron chi connectivity index (χ1n) is 6.33. The number of H-pyrrole nitrogens is 1. The van der Waals surface area contributed by atoms with Gasteiger partial charge in [0, 0.05) is 30.0 Å². The van der Waals surface area contributed by atoms with Gasteiger partial charge in [-0.3, -0.25) is 5.10 Å². The Morgan fingerprint density at radius 1 is 1.41 bits per heavy atom. The number of hydrogen-bond acceptors (Lipinski definition) is 2. The van der Waals surface area contributed by atoms with E-state index in [9.17, 15) is 0 Å². The van der Waals surface area contributed by atoms with Crippen molar-refractivity contribution < 1.29 is 0 Å². The van der Waals surface area contributed by atoms with Crippen molar-refractivity contribution in [2.24, 2.45) is 0 Å². The van der Waals surface area contributed by atoms with Crippen LogP contribution in [0.25, 0.3) is 0 Å². The smallest absolute Gasteiger partial charge is 0.0948 e. The molecule has 0 amide bonds. The van der Waals surface area contributed by atoms with E-state index in [-0.39, 0.29) is 0 Å². The van der Waals surface area contributed by atoms with Crippen molar-refractivity contribution in [1.29, 1.82) is 0 Å². The fraction of sp³-hybridized carbons (Fsp3) is 0.538. The topological polar surface area (TPSA) is 46.5 Å². The normalized spacial score (nSPS) is 15.4. The first kappa shape index (κ1) is 10.6. The molecule has 0 radical (unpaired) electrons. The zero-order valence-corrected chi connectivity index (χ0v) is 10.2. The van der Waals surface area contributed by atoms with E-state index in [1.54, 1.807) is 0 Å². The zero-order chi connectivity index (χ0) is 11.7. The van der Waals surface area contributed by atoms with E-state index in [2.05, 4.69) is 26.7 Å². The minimum atomic E-state index is 0.785. The molecule has 1 N–H and O–H groups in total. The van der Waals surface area contributed by atoms with Crippen LogP contribution in [0.4, 0.5) is 0 Å². The Labute approximate surface area is 101 Å². The highest BCUT2D eigenvalue weighted by atomic mass is 15.1. The van der Waals surface area contributed by atoms with Crippen LogP contribution in [0.1, 0.15) is 42.1 Å². The van der Waals surface area contributed by atoms with Gasteiger partial charge < -0.3 is 4.57 Å². The van der Waals surface area contributed by atoms with Crippen molar-refractivity contribution in [2.75, 3.05) is 0 Å². The quantitative estimate of drug-likeness (QED) is 0.857. The molecule has 1 aliphatic rings. The number of aryl methyl sites for hydroxylation is 3. The second-order valence-corrected chi connectivity index (χ2v) is 4.91. The molecule has 0 aromatic carbocycles. The Morgan fingerprint density at radius 3 is 3.00 bits per heavy atom. The lowest BCUT2D eigenvalue weighted by atomic mass is 10.1. The molecule has 1 saturated carbocycles. The molecule has 1 fully saturated rings. The van der Waals surface area contributed by atoms with Gasteiger partial charge in [0.05, 0.1) is 12.5 Å². The van der Waals surface area contributed by atoms with Gasteiger partial charge in [-0.1, -0.05) is 0 Å². The lowest BCUT2D eigenvalue weighted by Gasteiger charge is -2.06. The number of hydrogen-bond donors (Lipinski definition) is 1. The molecule has 2 heterocycles. The van der Waals surface area contributed by atoms with Crippen molar-refractivity contribution in [3.63, 3.8) is 0 Å². The van der Waals surface area contributed by atoms with Gasteiger partial charge in [0.1, 0.15) is 0 Å². The number of imidazole rings is 1. The number of aromatic nitrogens is 4. The Hall–Kier alpha value is -1.58. The summed E-state index contributed by atoms with van der Waals surface area (Å²) >= 11 is 0. The largest absolute Gasteiger partial charge is 0.334 e. The summed E-state index contributed by atoms with van der Waals surface area (Å²) in [5.74, 6) is 0.785. The summed E-state index contributed by atoms with van der Waals surface area (Å²) in [6.45, 7) is 3.14. The summed E-state index contributed by atoms with van der Waals surface area (Å²) in [6, 6.07) is 0. The van der Waals surface area contributed by atoms with Crippen LogP contribution in [0.3, 0.4) is 0 Å². The maximum Gasteiger partial charge on any atom is 0.0948 e. The standard InChI is InChI=1S/C13H18N4/c1-10-12(7-15-16-10)3-2-6-17-9-14-8-13(17)11-4-5-11/h7-9,11H,2-6H2,1H3,(H,15,16). The summed E-state index contributed by atoms with van der Waals surface area (Å²) in [5.41, 5.74) is 3.95. The van der Waals surface area contributed by atoms with Crippen LogP contribution >= 0.6 is 0 Å². The molecule has 4 heteroatoms. The van der Waals surface area contributed by atoms with Crippen LogP contribution in [-0.4, -0.2) is 19.7 Å². The van der Waals surface area contributed by atoms with Crippen molar-refractivity contribution in [3.8, 4) is 0 Å². The molecule has 90 valence electrons. The van der Waals surface area contributed by atoms with Crippen LogP contribution in [-0.2, 0) is 13.0 Å². The van der Waals surface area contributed by atoms with Crippen LogP contribution < -0.4 is 0 Å². The van der Waals surface area contributed by atoms with Crippen LogP contribution in [0.2, 0.25) is 0 Å². The molecule has 0 aliphatic heterocycles. The molecule has 2 aromatic heterocycles. The predicted molar refractivity (Wildman–Crippen MR) is 65.8 cm³/mol. The Morgan fingerprint density at radius 2 is 2.29 bits per heavy atom. The van der Waals surface area contributed by atoms with Crippen molar-refractivity contribution in [1.82, 2.24) is 19.7 Å². The summed E-state index contributed by atoms with van der Waals surface area (Å²) in [4.78, 5) is 4.26. The summed E-state index contributed by atoms with van der Waals surface area (Å²) in [6.07, 6.45) is 10.8. The maximum atomic E-state index is 4.26. The van der Waals surface area contributed by atoms with Gasteiger partial charge in [-0.15, -0.1) is 0 Å². The Bertz CT molecular complexity index is 493. The average Bonchev–Trinajstić information content (AvgIpc) is 2.93. The molecule has 0 unspecified atom stereocenters. The van der Waals surface area contributed by atoms with E-state index in [1.165, 1.54) is 29.8 Å². The number of nitrogens with one attached hydrogen (secondary N) is 1. The highest BCUT2D eigenvalue weighted by molar-refractivity contribution is 5.15. The molecular weight excluding hydrogens is 212 g/mol. The number of nitrogens with zero attached hydrogens (tertiary/aromatic N) is 3. The van der Waals surface area contributed by atoms with Gasteiger partial charge in [-0.25, -0.2) is 4.98 Å². The number of aromatic amines is 1. The predicted octanol–water partition coefficient (Wildman–Crippen LogP) is 2.42. The molecule has 0 atom stereocenters. The third kappa shape index (κ3) is 2.25. The van der Waals surface area contributed by atoms with Gasteiger partial charge >= 0.3 is 0 Å². The van der Waals surface area contributed by atoms with E-state index in [1.807, 2.05) is 18.7 Å². The minimum absolute atomic E-state index is 0.785. The highest BCUT2D eigenvalue weighted by Crippen LogP contribution is 2.39. The molecule has 3 rings (SSSR count). The Kier molecular flexibility index (Phi) is 2.71. The molecule has 0 saturated heterocycles. The monoisotopic (exact) mass is 230 g/mol. The van der Waals surface area contributed by atoms with Gasteiger partial charge in [0.25, 0.3) is 0 Å². The van der Waals surface area contributed by atoms with E-state index in [0.29, 0.717) is 0 Å². The molecule has 0 bridgehead atoms. The van der Waals surface area contributed by atoms with Crippen molar-refractivity contribution in [2.45, 2.75) is 45.1 Å². The first-order chi connectivity index (χ1) is 8.34. The molecule has 2 aromatic rings. The van der Waals surface area contributed by atoms with E-state index in [0.717, 1.165) is 25.3 Å². The van der Waals surface area contributed by atoms with Crippen LogP contribution in [0, 0.1) is 6.92 Å². The number of rotatable bonds is 5. The minimum Gasteiger partial charge on any atom is -0.334 e. The average molecular weight is 230 g/mol. The molecule has 17 heavy (non-hydrogen) atoms. The SMILES string of the molecule is Cc1[nH]ncc1CCCn1cncc1C1CC1.